The lowest BCUT2D eigenvalue weighted by Gasteiger charge is -2.22. The number of carbonyl (C=O) groups is 1. The molecule has 4 heteroatoms. The van der Waals surface area contributed by atoms with Gasteiger partial charge in [0.05, 0.1) is 18.3 Å². The molecular formula is C24H25N3O. The Morgan fingerprint density at radius 1 is 1.04 bits per heavy atom. The fourth-order valence-electron chi connectivity index (χ4n) is 3.59. The maximum absolute atomic E-state index is 12.9. The van der Waals surface area contributed by atoms with E-state index in [1.165, 1.54) is 10.8 Å². The Labute approximate surface area is 165 Å². The summed E-state index contributed by atoms with van der Waals surface area (Å²) in [5.74, 6) is -0.00153. The average molecular weight is 371 g/mol. The molecule has 1 N–H and O–H groups in total. The Morgan fingerprint density at radius 2 is 1.75 bits per heavy atom. The number of benzene rings is 3. The predicted molar refractivity (Wildman–Crippen MR) is 114 cm³/mol. The summed E-state index contributed by atoms with van der Waals surface area (Å²) in [7, 11) is 0. The van der Waals surface area contributed by atoms with Crippen molar-refractivity contribution in [1.82, 2.24) is 10.3 Å². The third kappa shape index (κ3) is 3.82. The molecule has 0 saturated heterocycles. The minimum Gasteiger partial charge on any atom is -0.306 e. The third-order valence-corrected chi connectivity index (χ3v) is 5.09. The van der Waals surface area contributed by atoms with Crippen LogP contribution in [-0.4, -0.2) is 29.2 Å². The molecule has 1 heterocycles. The predicted octanol–water partition coefficient (Wildman–Crippen LogP) is 4.52. The number of rotatable bonds is 5. The molecule has 3 aromatic carbocycles. The molecule has 142 valence electrons. The van der Waals surface area contributed by atoms with Crippen molar-refractivity contribution in [2.24, 2.45) is 5.10 Å². The molecule has 0 fully saturated rings. The molecule has 0 bridgehead atoms. The highest BCUT2D eigenvalue weighted by molar-refractivity contribution is 6.05. The zero-order chi connectivity index (χ0) is 19.5. The lowest BCUT2D eigenvalue weighted by atomic mass is 9.97. The van der Waals surface area contributed by atoms with Crippen molar-refractivity contribution in [2.75, 3.05) is 6.54 Å². The smallest absolute Gasteiger partial charge is 0.257 e. The molecule has 1 aliphatic rings. The summed E-state index contributed by atoms with van der Waals surface area (Å²) in [4.78, 5) is 12.9. The maximum atomic E-state index is 12.9. The first-order valence-corrected chi connectivity index (χ1v) is 9.79. The number of amides is 1. The summed E-state index contributed by atoms with van der Waals surface area (Å²) >= 11 is 0. The maximum Gasteiger partial charge on any atom is 0.257 e. The third-order valence-electron chi connectivity index (χ3n) is 5.09. The van der Waals surface area contributed by atoms with E-state index in [0.717, 1.165) is 23.3 Å². The van der Waals surface area contributed by atoms with Crippen molar-refractivity contribution in [3.63, 3.8) is 0 Å². The highest BCUT2D eigenvalue weighted by Gasteiger charge is 2.32. The quantitative estimate of drug-likeness (QED) is 0.717. The van der Waals surface area contributed by atoms with Crippen molar-refractivity contribution in [2.45, 2.75) is 32.4 Å². The van der Waals surface area contributed by atoms with Gasteiger partial charge in [-0.05, 0) is 28.0 Å². The first-order chi connectivity index (χ1) is 13.6. The Balaban J connectivity index is 1.66. The van der Waals surface area contributed by atoms with Gasteiger partial charge in [0.1, 0.15) is 0 Å². The summed E-state index contributed by atoms with van der Waals surface area (Å²) in [5, 5.41) is 12.0. The van der Waals surface area contributed by atoms with E-state index in [1.54, 1.807) is 5.01 Å². The largest absolute Gasteiger partial charge is 0.306 e. The second kappa shape index (κ2) is 7.95. The van der Waals surface area contributed by atoms with E-state index in [9.17, 15) is 4.79 Å². The van der Waals surface area contributed by atoms with E-state index in [-0.39, 0.29) is 24.5 Å². The minimum absolute atomic E-state index is 0.00153. The fraction of sp³-hybridized carbons (Fsp3) is 0.250. The van der Waals surface area contributed by atoms with Gasteiger partial charge >= 0.3 is 0 Å². The van der Waals surface area contributed by atoms with Crippen LogP contribution in [0.25, 0.3) is 10.8 Å². The number of carbonyl (C=O) groups excluding carboxylic acids is 1. The molecule has 1 atom stereocenters. The van der Waals surface area contributed by atoms with Gasteiger partial charge in [0, 0.05) is 12.5 Å². The summed E-state index contributed by atoms with van der Waals surface area (Å²) in [5.41, 5.74) is 3.14. The van der Waals surface area contributed by atoms with Gasteiger partial charge in [0.25, 0.3) is 5.91 Å². The van der Waals surface area contributed by atoms with Gasteiger partial charge in [0.2, 0.25) is 0 Å². The number of nitrogens with one attached hydrogen (secondary N) is 1. The van der Waals surface area contributed by atoms with Crippen LogP contribution in [0.3, 0.4) is 0 Å². The van der Waals surface area contributed by atoms with E-state index in [4.69, 9.17) is 5.10 Å². The van der Waals surface area contributed by atoms with Crippen molar-refractivity contribution in [3.8, 4) is 0 Å². The van der Waals surface area contributed by atoms with Gasteiger partial charge in [-0.3, -0.25) is 4.79 Å². The molecule has 4 rings (SSSR count). The molecule has 28 heavy (non-hydrogen) atoms. The van der Waals surface area contributed by atoms with Gasteiger partial charge in [-0.15, -0.1) is 0 Å². The number of hydrazone groups is 1. The van der Waals surface area contributed by atoms with Crippen LogP contribution in [0.1, 0.15) is 37.4 Å². The van der Waals surface area contributed by atoms with Crippen LogP contribution in [0, 0.1) is 0 Å². The average Bonchev–Trinajstić information content (AvgIpc) is 3.18. The van der Waals surface area contributed by atoms with Gasteiger partial charge in [-0.1, -0.05) is 80.6 Å². The van der Waals surface area contributed by atoms with E-state index in [2.05, 4.69) is 47.8 Å². The zero-order valence-corrected chi connectivity index (χ0v) is 16.3. The van der Waals surface area contributed by atoms with Crippen molar-refractivity contribution in [1.29, 1.82) is 0 Å². The van der Waals surface area contributed by atoms with Crippen LogP contribution in [0.15, 0.2) is 77.9 Å². The molecule has 3 aromatic rings. The normalized spacial score (nSPS) is 16.6. The first-order valence-electron chi connectivity index (χ1n) is 9.79. The number of hydrogen-bond acceptors (Lipinski definition) is 3. The Morgan fingerprint density at radius 3 is 2.50 bits per heavy atom. The molecule has 0 aliphatic carbocycles. The fourth-order valence-corrected chi connectivity index (χ4v) is 3.59. The monoisotopic (exact) mass is 371 g/mol. The minimum atomic E-state index is -0.0656. The van der Waals surface area contributed by atoms with Crippen LogP contribution in [0.4, 0.5) is 0 Å². The van der Waals surface area contributed by atoms with E-state index in [0.29, 0.717) is 0 Å². The molecule has 1 unspecified atom stereocenters. The molecule has 4 nitrogen and oxygen atoms in total. The number of nitrogens with zero attached hydrogens (tertiary/aromatic N) is 2. The van der Waals surface area contributed by atoms with Crippen molar-refractivity contribution >= 4 is 22.4 Å². The molecule has 0 saturated carbocycles. The van der Waals surface area contributed by atoms with Crippen molar-refractivity contribution < 1.29 is 4.79 Å². The van der Waals surface area contributed by atoms with Gasteiger partial charge in [-0.2, -0.15) is 5.10 Å². The standard InChI is InChI=1S/C24H25N3O/c1-17(2)25-16-24(28)27-23(19-9-4-3-5-10-19)15-22(26-27)21-13-12-18-8-6-7-11-20(18)14-21/h3-14,17,23,25H,15-16H2,1-2H3. The van der Waals surface area contributed by atoms with Gasteiger partial charge in [0.15, 0.2) is 0 Å². The summed E-state index contributed by atoms with van der Waals surface area (Å²) in [6, 6.07) is 25.0. The van der Waals surface area contributed by atoms with Gasteiger partial charge in [-0.25, -0.2) is 5.01 Å². The molecular weight excluding hydrogens is 346 g/mol. The second-order valence-electron chi connectivity index (χ2n) is 7.51. The molecule has 0 spiro atoms. The second-order valence-corrected chi connectivity index (χ2v) is 7.51. The van der Waals surface area contributed by atoms with Crippen LogP contribution in [0.5, 0.6) is 0 Å². The Hall–Kier alpha value is -2.98. The summed E-state index contributed by atoms with van der Waals surface area (Å²) < 4.78 is 0. The van der Waals surface area contributed by atoms with Crippen molar-refractivity contribution in [3.05, 3.63) is 83.9 Å². The Kier molecular flexibility index (Phi) is 5.22. The molecule has 1 amide bonds. The lowest BCUT2D eigenvalue weighted by molar-refractivity contribution is -0.132. The lowest BCUT2D eigenvalue weighted by Crippen LogP contribution is -2.37. The zero-order valence-electron chi connectivity index (χ0n) is 16.3. The summed E-state index contributed by atoms with van der Waals surface area (Å²) in [6.45, 7) is 4.36. The highest BCUT2D eigenvalue weighted by Crippen LogP contribution is 2.33. The first kappa shape index (κ1) is 18.4. The van der Waals surface area contributed by atoms with Crippen LogP contribution in [-0.2, 0) is 4.79 Å². The number of fused-ring (bicyclic) bond motifs is 1. The van der Waals surface area contributed by atoms with Crippen LogP contribution in [0.2, 0.25) is 0 Å². The van der Waals surface area contributed by atoms with Crippen LogP contribution >= 0.6 is 0 Å². The topological polar surface area (TPSA) is 44.7 Å². The molecule has 1 aliphatic heterocycles. The van der Waals surface area contributed by atoms with E-state index >= 15 is 0 Å². The van der Waals surface area contributed by atoms with E-state index < -0.39 is 0 Å². The summed E-state index contributed by atoms with van der Waals surface area (Å²) in [6.07, 6.45) is 0.718. The molecule has 0 radical (unpaired) electrons. The Bertz CT molecular complexity index is 1010. The molecule has 0 aromatic heterocycles. The van der Waals surface area contributed by atoms with E-state index in [1.807, 2.05) is 44.2 Å². The van der Waals surface area contributed by atoms with Crippen LogP contribution < -0.4 is 5.32 Å². The SMILES string of the molecule is CC(C)NCC(=O)N1N=C(c2ccc3ccccc3c2)CC1c1ccccc1. The highest BCUT2D eigenvalue weighted by atomic mass is 16.2. The van der Waals surface area contributed by atoms with Gasteiger partial charge < -0.3 is 5.32 Å². The number of hydrogen-bond donors (Lipinski definition) is 1.